The molecule has 0 bridgehead atoms. The fourth-order valence-electron chi connectivity index (χ4n) is 1.60. The first-order valence-corrected chi connectivity index (χ1v) is 6.53. The lowest BCUT2D eigenvalue weighted by atomic mass is 10.2. The molecule has 6 heteroatoms. The minimum atomic E-state index is -0.955. The van der Waals surface area contributed by atoms with E-state index in [1.807, 2.05) is 6.07 Å². The summed E-state index contributed by atoms with van der Waals surface area (Å²) in [6.07, 6.45) is 6.31. The van der Waals surface area contributed by atoms with E-state index in [2.05, 4.69) is 4.98 Å². The van der Waals surface area contributed by atoms with Gasteiger partial charge in [-0.15, -0.1) is 11.8 Å². The van der Waals surface area contributed by atoms with Gasteiger partial charge in [0.1, 0.15) is 6.04 Å². The number of rotatable bonds is 3. The summed E-state index contributed by atoms with van der Waals surface area (Å²) in [5.74, 6) is -0.367. The number of carbonyl (C=O) groups is 2. The zero-order valence-corrected chi connectivity index (χ0v) is 10.3. The monoisotopic (exact) mass is 264 g/mol. The van der Waals surface area contributed by atoms with Crippen LogP contribution in [-0.4, -0.2) is 44.5 Å². The largest absolute Gasteiger partial charge is 0.480 e. The van der Waals surface area contributed by atoms with Crippen LogP contribution in [0.1, 0.15) is 5.56 Å². The molecule has 1 aliphatic rings. The van der Waals surface area contributed by atoms with E-state index in [1.54, 1.807) is 24.5 Å². The molecule has 0 unspecified atom stereocenters. The number of carbonyl (C=O) groups excluding carboxylic acids is 1. The van der Waals surface area contributed by atoms with E-state index >= 15 is 0 Å². The molecule has 0 aliphatic carbocycles. The summed E-state index contributed by atoms with van der Waals surface area (Å²) in [6.45, 7) is 0. The molecular weight excluding hydrogens is 252 g/mol. The molecule has 0 spiro atoms. The van der Waals surface area contributed by atoms with Crippen LogP contribution in [0.15, 0.2) is 30.6 Å². The summed E-state index contributed by atoms with van der Waals surface area (Å²) < 4.78 is 0. The highest BCUT2D eigenvalue weighted by Gasteiger charge is 2.33. The van der Waals surface area contributed by atoms with Crippen molar-refractivity contribution in [3.63, 3.8) is 0 Å². The lowest BCUT2D eigenvalue weighted by Crippen LogP contribution is -2.40. The quantitative estimate of drug-likeness (QED) is 0.827. The number of pyridine rings is 1. The Morgan fingerprint density at radius 3 is 3.06 bits per heavy atom. The number of carboxylic acids is 1. The zero-order chi connectivity index (χ0) is 13.0. The van der Waals surface area contributed by atoms with Crippen molar-refractivity contribution in [2.24, 2.45) is 0 Å². The first-order valence-electron chi connectivity index (χ1n) is 5.38. The van der Waals surface area contributed by atoms with Crippen molar-refractivity contribution >= 4 is 29.7 Å². The molecule has 1 N–H and O–H groups in total. The van der Waals surface area contributed by atoms with E-state index < -0.39 is 12.0 Å². The summed E-state index contributed by atoms with van der Waals surface area (Å²) >= 11 is 1.45. The van der Waals surface area contributed by atoms with Gasteiger partial charge in [0, 0.05) is 24.2 Å². The molecule has 1 amide bonds. The van der Waals surface area contributed by atoms with Crippen molar-refractivity contribution in [1.82, 2.24) is 9.88 Å². The SMILES string of the molecule is O=C(O)[C@@H]1CSCN1C(=O)/C=C/c1cccnc1. The molecule has 1 fully saturated rings. The normalized spacial score (nSPS) is 19.3. The van der Waals surface area contributed by atoms with Gasteiger partial charge in [-0.3, -0.25) is 9.78 Å². The fourth-order valence-corrected chi connectivity index (χ4v) is 2.76. The van der Waals surface area contributed by atoms with E-state index in [4.69, 9.17) is 5.11 Å². The van der Waals surface area contributed by atoms with Crippen molar-refractivity contribution in [2.45, 2.75) is 6.04 Å². The lowest BCUT2D eigenvalue weighted by Gasteiger charge is -2.18. The fraction of sp³-hybridized carbons (Fsp3) is 0.250. The van der Waals surface area contributed by atoms with E-state index in [-0.39, 0.29) is 5.91 Å². The zero-order valence-electron chi connectivity index (χ0n) is 9.52. The Bertz CT molecular complexity index is 475. The molecule has 0 radical (unpaired) electrons. The van der Waals surface area contributed by atoms with Crippen LogP contribution in [0.5, 0.6) is 0 Å². The molecule has 0 saturated carbocycles. The van der Waals surface area contributed by atoms with E-state index in [9.17, 15) is 9.59 Å². The number of thioether (sulfide) groups is 1. The molecule has 94 valence electrons. The second-order valence-corrected chi connectivity index (χ2v) is 4.78. The van der Waals surface area contributed by atoms with Gasteiger partial charge in [-0.2, -0.15) is 0 Å². The van der Waals surface area contributed by atoms with Crippen LogP contribution in [0.2, 0.25) is 0 Å². The summed E-state index contributed by atoms with van der Waals surface area (Å²) in [5.41, 5.74) is 0.810. The van der Waals surface area contributed by atoms with E-state index in [0.29, 0.717) is 11.6 Å². The molecule has 18 heavy (non-hydrogen) atoms. The van der Waals surface area contributed by atoms with Gasteiger partial charge in [-0.1, -0.05) is 6.07 Å². The number of nitrogens with zero attached hydrogens (tertiary/aromatic N) is 2. The van der Waals surface area contributed by atoms with Crippen LogP contribution in [0.3, 0.4) is 0 Å². The van der Waals surface area contributed by atoms with Crippen molar-refractivity contribution in [3.8, 4) is 0 Å². The third kappa shape index (κ3) is 2.89. The molecule has 1 saturated heterocycles. The Balaban J connectivity index is 2.04. The van der Waals surface area contributed by atoms with Crippen LogP contribution in [0.25, 0.3) is 6.08 Å². The summed E-state index contributed by atoms with van der Waals surface area (Å²) in [6, 6.07) is 2.88. The van der Waals surface area contributed by atoms with Crippen LogP contribution < -0.4 is 0 Å². The maximum Gasteiger partial charge on any atom is 0.327 e. The predicted molar refractivity (Wildman–Crippen MR) is 68.9 cm³/mol. The van der Waals surface area contributed by atoms with Gasteiger partial charge in [0.15, 0.2) is 0 Å². The average Bonchev–Trinajstić information content (AvgIpc) is 2.86. The van der Waals surface area contributed by atoms with Crippen molar-refractivity contribution in [3.05, 3.63) is 36.2 Å². The second-order valence-electron chi connectivity index (χ2n) is 3.78. The number of hydrogen-bond acceptors (Lipinski definition) is 4. The molecule has 1 aliphatic heterocycles. The summed E-state index contributed by atoms with van der Waals surface area (Å²) in [7, 11) is 0. The van der Waals surface area contributed by atoms with E-state index in [1.165, 1.54) is 22.7 Å². The lowest BCUT2D eigenvalue weighted by molar-refractivity contribution is -0.146. The van der Waals surface area contributed by atoms with Crippen molar-refractivity contribution < 1.29 is 14.7 Å². The van der Waals surface area contributed by atoms with Gasteiger partial charge in [0.2, 0.25) is 5.91 Å². The molecule has 1 atom stereocenters. The van der Waals surface area contributed by atoms with Gasteiger partial charge in [-0.05, 0) is 17.7 Å². The first kappa shape index (κ1) is 12.6. The van der Waals surface area contributed by atoms with Crippen LogP contribution >= 0.6 is 11.8 Å². The van der Waals surface area contributed by atoms with Crippen LogP contribution in [0.4, 0.5) is 0 Å². The molecule has 2 rings (SSSR count). The molecule has 5 nitrogen and oxygen atoms in total. The molecule has 2 heterocycles. The minimum absolute atomic E-state index is 0.281. The summed E-state index contributed by atoms with van der Waals surface area (Å²) in [4.78, 5) is 28.1. The Labute approximate surface area is 109 Å². The average molecular weight is 264 g/mol. The Hall–Kier alpha value is -1.82. The van der Waals surface area contributed by atoms with Gasteiger partial charge < -0.3 is 10.0 Å². The van der Waals surface area contributed by atoms with Gasteiger partial charge in [0.25, 0.3) is 0 Å². The number of hydrogen-bond donors (Lipinski definition) is 1. The van der Waals surface area contributed by atoms with Crippen molar-refractivity contribution in [2.75, 3.05) is 11.6 Å². The van der Waals surface area contributed by atoms with E-state index in [0.717, 1.165) is 5.56 Å². The minimum Gasteiger partial charge on any atom is -0.480 e. The molecule has 1 aromatic rings. The highest BCUT2D eigenvalue weighted by Crippen LogP contribution is 2.21. The highest BCUT2D eigenvalue weighted by atomic mass is 32.2. The summed E-state index contributed by atoms with van der Waals surface area (Å²) in [5, 5.41) is 8.98. The third-order valence-corrected chi connectivity index (χ3v) is 3.57. The highest BCUT2D eigenvalue weighted by molar-refractivity contribution is 7.99. The van der Waals surface area contributed by atoms with Gasteiger partial charge in [0.05, 0.1) is 5.88 Å². The number of aromatic nitrogens is 1. The maximum absolute atomic E-state index is 11.9. The Morgan fingerprint density at radius 1 is 1.56 bits per heavy atom. The smallest absolute Gasteiger partial charge is 0.327 e. The van der Waals surface area contributed by atoms with Crippen LogP contribution in [-0.2, 0) is 9.59 Å². The number of carboxylic acid groups (broad SMARTS) is 1. The predicted octanol–water partition coefficient (Wildman–Crippen LogP) is 1.08. The Kier molecular flexibility index (Phi) is 3.99. The van der Waals surface area contributed by atoms with Gasteiger partial charge in [-0.25, -0.2) is 4.79 Å². The third-order valence-electron chi connectivity index (χ3n) is 2.55. The number of amides is 1. The molecular formula is C12H12N2O3S. The second kappa shape index (κ2) is 5.68. The van der Waals surface area contributed by atoms with Gasteiger partial charge >= 0.3 is 5.97 Å². The number of aliphatic carboxylic acids is 1. The standard InChI is InChI=1S/C12H12N2O3S/c15-11(4-3-9-2-1-5-13-6-9)14-8-18-7-10(14)12(16)17/h1-6,10H,7-8H2,(H,16,17)/b4-3+/t10-/m0/s1. The van der Waals surface area contributed by atoms with Crippen LogP contribution in [0, 0.1) is 0 Å². The Morgan fingerprint density at radius 2 is 2.39 bits per heavy atom. The maximum atomic E-state index is 11.9. The first-order chi connectivity index (χ1) is 8.68. The molecule has 1 aromatic heterocycles. The molecule has 0 aromatic carbocycles. The van der Waals surface area contributed by atoms with Crippen molar-refractivity contribution in [1.29, 1.82) is 0 Å². The topological polar surface area (TPSA) is 70.5 Å².